The number of benzene rings is 1. The Bertz CT molecular complexity index is 404. The molecule has 5 heteroatoms. The number of rotatable bonds is 6. The topological polar surface area (TPSA) is 56.8 Å². The Balaban J connectivity index is 2.68. The number of ether oxygens (including phenoxy) is 2. The normalized spacial score (nSPS) is 10.3. The number of carbonyl (C=O) groups is 1. The highest BCUT2D eigenvalue weighted by Gasteiger charge is 2.10. The van der Waals surface area contributed by atoms with E-state index < -0.39 is 0 Å². The molecule has 0 saturated carbocycles. The fraction of sp³-hybridized carbons (Fsp3) is 0.462. The summed E-state index contributed by atoms with van der Waals surface area (Å²) in [5, 5.41) is 0. The first-order chi connectivity index (χ1) is 8.58. The lowest BCUT2D eigenvalue weighted by Crippen LogP contribution is -2.25. The lowest BCUT2D eigenvalue weighted by atomic mass is 10.2. The predicted octanol–water partition coefficient (Wildman–Crippen LogP) is 2.02. The Labute approximate surface area is 107 Å². The van der Waals surface area contributed by atoms with Crippen LogP contribution in [0.25, 0.3) is 0 Å². The van der Waals surface area contributed by atoms with Crippen LogP contribution in [0.2, 0.25) is 0 Å². The number of amides is 1. The monoisotopic (exact) mass is 253 g/mol. The van der Waals surface area contributed by atoms with Crippen molar-refractivity contribution in [3.05, 3.63) is 23.8 Å². The summed E-state index contributed by atoms with van der Waals surface area (Å²) in [5.41, 5.74) is 2.84. The highest BCUT2D eigenvalue weighted by atomic mass is 16.6. The minimum atomic E-state index is -0.309. The standard InChI is InChI=1S/C13H19NO4/c1-9(2)8-18-14-13(15)10-5-6-11(16-3)12(7-10)17-4/h5-7,9H,8H2,1-4H3,(H,14,15). The molecule has 1 amide bonds. The summed E-state index contributed by atoms with van der Waals surface area (Å²) in [6.07, 6.45) is 0. The molecule has 0 atom stereocenters. The number of hydroxylamine groups is 1. The summed E-state index contributed by atoms with van der Waals surface area (Å²) in [5.74, 6) is 1.14. The second-order valence-corrected chi connectivity index (χ2v) is 4.21. The second kappa shape index (κ2) is 6.86. The van der Waals surface area contributed by atoms with E-state index in [9.17, 15) is 4.79 Å². The van der Waals surface area contributed by atoms with Gasteiger partial charge in [0.05, 0.1) is 20.8 Å². The summed E-state index contributed by atoms with van der Waals surface area (Å²) >= 11 is 0. The molecule has 1 aromatic carbocycles. The van der Waals surface area contributed by atoms with Crippen LogP contribution in [0.4, 0.5) is 0 Å². The molecule has 0 aliphatic heterocycles. The first-order valence-electron chi connectivity index (χ1n) is 5.72. The van der Waals surface area contributed by atoms with Crippen LogP contribution in [0.1, 0.15) is 24.2 Å². The third kappa shape index (κ3) is 3.92. The van der Waals surface area contributed by atoms with Gasteiger partial charge in [0.15, 0.2) is 11.5 Å². The van der Waals surface area contributed by atoms with Crippen molar-refractivity contribution >= 4 is 5.91 Å². The molecular formula is C13H19NO4. The smallest absolute Gasteiger partial charge is 0.274 e. The summed E-state index contributed by atoms with van der Waals surface area (Å²) in [6, 6.07) is 4.93. The Hall–Kier alpha value is -1.75. The molecule has 0 spiro atoms. The molecule has 0 fully saturated rings. The molecule has 5 nitrogen and oxygen atoms in total. The summed E-state index contributed by atoms with van der Waals surface area (Å²) in [6.45, 7) is 4.48. The largest absolute Gasteiger partial charge is 0.493 e. The Kier molecular flexibility index (Phi) is 5.45. The first kappa shape index (κ1) is 14.3. The third-order valence-corrected chi connectivity index (χ3v) is 2.23. The van der Waals surface area contributed by atoms with Gasteiger partial charge in [-0.2, -0.15) is 0 Å². The van der Waals surface area contributed by atoms with Crippen molar-refractivity contribution in [3.8, 4) is 11.5 Å². The van der Waals surface area contributed by atoms with E-state index in [0.717, 1.165) is 0 Å². The Morgan fingerprint density at radius 2 is 1.89 bits per heavy atom. The molecule has 0 heterocycles. The van der Waals surface area contributed by atoms with E-state index in [0.29, 0.717) is 29.6 Å². The Morgan fingerprint density at radius 3 is 2.44 bits per heavy atom. The lowest BCUT2D eigenvalue weighted by molar-refractivity contribution is 0.0208. The van der Waals surface area contributed by atoms with Gasteiger partial charge in [-0.15, -0.1) is 0 Å². The van der Waals surface area contributed by atoms with E-state index in [2.05, 4.69) is 5.48 Å². The molecule has 18 heavy (non-hydrogen) atoms. The van der Waals surface area contributed by atoms with Crippen LogP contribution in [0.3, 0.4) is 0 Å². The molecule has 1 aromatic rings. The minimum absolute atomic E-state index is 0.309. The number of nitrogens with one attached hydrogen (secondary N) is 1. The van der Waals surface area contributed by atoms with Crippen molar-refractivity contribution in [1.82, 2.24) is 5.48 Å². The van der Waals surface area contributed by atoms with Crippen LogP contribution in [0, 0.1) is 5.92 Å². The average molecular weight is 253 g/mol. The molecule has 100 valence electrons. The van der Waals surface area contributed by atoms with Gasteiger partial charge in [0.25, 0.3) is 5.91 Å². The van der Waals surface area contributed by atoms with E-state index in [-0.39, 0.29) is 5.91 Å². The van der Waals surface area contributed by atoms with Crippen LogP contribution in [-0.4, -0.2) is 26.7 Å². The van der Waals surface area contributed by atoms with Crippen molar-refractivity contribution in [2.45, 2.75) is 13.8 Å². The van der Waals surface area contributed by atoms with Crippen LogP contribution >= 0.6 is 0 Å². The molecule has 0 bridgehead atoms. The maximum Gasteiger partial charge on any atom is 0.274 e. The number of hydrogen-bond donors (Lipinski definition) is 1. The first-order valence-corrected chi connectivity index (χ1v) is 5.72. The van der Waals surface area contributed by atoms with E-state index in [1.807, 2.05) is 13.8 Å². The SMILES string of the molecule is COc1ccc(C(=O)NOCC(C)C)cc1OC. The molecule has 0 aliphatic rings. The molecule has 0 unspecified atom stereocenters. The van der Waals surface area contributed by atoms with Crippen LogP contribution in [0.5, 0.6) is 11.5 Å². The maximum absolute atomic E-state index is 11.8. The summed E-state index contributed by atoms with van der Waals surface area (Å²) in [7, 11) is 3.07. The maximum atomic E-state index is 11.8. The molecule has 0 aliphatic carbocycles. The van der Waals surface area contributed by atoms with Gasteiger partial charge in [0.2, 0.25) is 0 Å². The zero-order valence-electron chi connectivity index (χ0n) is 11.1. The van der Waals surface area contributed by atoms with Crippen LogP contribution < -0.4 is 15.0 Å². The van der Waals surface area contributed by atoms with Crippen LogP contribution in [-0.2, 0) is 4.84 Å². The van der Waals surface area contributed by atoms with Crippen molar-refractivity contribution in [2.75, 3.05) is 20.8 Å². The van der Waals surface area contributed by atoms with E-state index >= 15 is 0 Å². The highest BCUT2D eigenvalue weighted by Crippen LogP contribution is 2.27. The second-order valence-electron chi connectivity index (χ2n) is 4.21. The van der Waals surface area contributed by atoms with Crippen molar-refractivity contribution < 1.29 is 19.1 Å². The van der Waals surface area contributed by atoms with Gasteiger partial charge in [0, 0.05) is 5.56 Å². The molecule has 0 radical (unpaired) electrons. The lowest BCUT2D eigenvalue weighted by Gasteiger charge is -2.10. The molecule has 0 aromatic heterocycles. The van der Waals surface area contributed by atoms with Gasteiger partial charge in [0.1, 0.15) is 0 Å². The quantitative estimate of drug-likeness (QED) is 0.788. The minimum Gasteiger partial charge on any atom is -0.493 e. The third-order valence-electron chi connectivity index (χ3n) is 2.23. The van der Waals surface area contributed by atoms with Crippen LogP contribution in [0.15, 0.2) is 18.2 Å². The molecule has 0 saturated heterocycles. The van der Waals surface area contributed by atoms with E-state index in [4.69, 9.17) is 14.3 Å². The van der Waals surface area contributed by atoms with Gasteiger partial charge >= 0.3 is 0 Å². The number of hydrogen-bond acceptors (Lipinski definition) is 4. The van der Waals surface area contributed by atoms with Crippen molar-refractivity contribution in [1.29, 1.82) is 0 Å². The average Bonchev–Trinajstić information content (AvgIpc) is 2.37. The summed E-state index contributed by atoms with van der Waals surface area (Å²) in [4.78, 5) is 16.8. The fourth-order valence-corrected chi connectivity index (χ4v) is 1.31. The number of carbonyl (C=O) groups excluding carboxylic acids is 1. The zero-order chi connectivity index (χ0) is 13.5. The Morgan fingerprint density at radius 1 is 1.22 bits per heavy atom. The van der Waals surface area contributed by atoms with E-state index in [1.54, 1.807) is 25.3 Å². The zero-order valence-corrected chi connectivity index (χ0v) is 11.1. The molecule has 1 N–H and O–H groups in total. The van der Waals surface area contributed by atoms with E-state index in [1.165, 1.54) is 7.11 Å². The van der Waals surface area contributed by atoms with Gasteiger partial charge in [-0.1, -0.05) is 13.8 Å². The van der Waals surface area contributed by atoms with Gasteiger partial charge < -0.3 is 9.47 Å². The summed E-state index contributed by atoms with van der Waals surface area (Å²) < 4.78 is 10.2. The van der Waals surface area contributed by atoms with Crippen molar-refractivity contribution in [2.24, 2.45) is 5.92 Å². The fourth-order valence-electron chi connectivity index (χ4n) is 1.31. The molecule has 1 rings (SSSR count). The van der Waals surface area contributed by atoms with Gasteiger partial charge in [-0.05, 0) is 24.1 Å². The number of methoxy groups -OCH3 is 2. The molecular weight excluding hydrogens is 234 g/mol. The van der Waals surface area contributed by atoms with Gasteiger partial charge in [-0.25, -0.2) is 5.48 Å². The predicted molar refractivity (Wildman–Crippen MR) is 67.8 cm³/mol. The van der Waals surface area contributed by atoms with Crippen molar-refractivity contribution in [3.63, 3.8) is 0 Å². The van der Waals surface area contributed by atoms with Gasteiger partial charge in [-0.3, -0.25) is 9.63 Å². The highest BCUT2D eigenvalue weighted by molar-refractivity contribution is 5.94.